The Morgan fingerprint density at radius 2 is 1.83 bits per heavy atom. The van der Waals surface area contributed by atoms with Crippen molar-refractivity contribution in [2.24, 2.45) is 0 Å². The Balaban J connectivity index is 1.48. The lowest BCUT2D eigenvalue weighted by Gasteiger charge is -2.26. The zero-order valence-corrected chi connectivity index (χ0v) is 14.0. The molecule has 0 atom stereocenters. The van der Waals surface area contributed by atoms with Crippen molar-refractivity contribution in [3.8, 4) is 11.8 Å². The molecule has 2 aliphatic heterocycles. The van der Waals surface area contributed by atoms with Crippen LogP contribution >= 0.6 is 0 Å². The summed E-state index contributed by atoms with van der Waals surface area (Å²) in [7, 11) is 0. The summed E-state index contributed by atoms with van der Waals surface area (Å²) >= 11 is 0. The first-order chi connectivity index (χ1) is 11.4. The van der Waals surface area contributed by atoms with Crippen molar-refractivity contribution < 1.29 is 4.74 Å². The smallest absolute Gasteiger partial charge is 0.0594 e. The minimum atomic E-state index is 0.837. The summed E-state index contributed by atoms with van der Waals surface area (Å²) in [5.41, 5.74) is 2.28. The van der Waals surface area contributed by atoms with Gasteiger partial charge in [0, 0.05) is 50.6 Å². The molecule has 4 nitrogen and oxygen atoms in total. The van der Waals surface area contributed by atoms with E-state index < -0.39 is 0 Å². The lowest BCUT2D eigenvalue weighted by Crippen LogP contribution is -2.35. The first kappa shape index (κ1) is 16.4. The lowest BCUT2D eigenvalue weighted by atomic mass is 10.1. The fourth-order valence-electron chi connectivity index (χ4n) is 3.22. The van der Waals surface area contributed by atoms with E-state index in [-0.39, 0.29) is 0 Å². The summed E-state index contributed by atoms with van der Waals surface area (Å²) in [6.07, 6.45) is 8.87. The maximum atomic E-state index is 5.39. The fourth-order valence-corrected chi connectivity index (χ4v) is 3.22. The Labute approximate surface area is 139 Å². The third-order valence-electron chi connectivity index (χ3n) is 4.54. The summed E-state index contributed by atoms with van der Waals surface area (Å²) in [6.45, 7) is 8.23. The molecule has 0 saturated carbocycles. The van der Waals surface area contributed by atoms with Crippen molar-refractivity contribution in [2.45, 2.75) is 32.2 Å². The highest BCUT2D eigenvalue weighted by atomic mass is 16.5. The SMILES string of the molecule is C(#Cc1cncc(CN2CCOCC2)c1)CCN1CCCCC1. The first-order valence-electron chi connectivity index (χ1n) is 8.85. The summed E-state index contributed by atoms with van der Waals surface area (Å²) in [6, 6.07) is 2.18. The second-order valence-electron chi connectivity index (χ2n) is 6.42. The van der Waals surface area contributed by atoms with Crippen molar-refractivity contribution in [3.63, 3.8) is 0 Å². The standard InChI is InChI=1S/C19H27N3O/c1-3-7-21(8-4-1)9-5-2-6-18-14-19(16-20-15-18)17-22-10-12-23-13-11-22/h14-16H,1,3-5,7-13,17H2. The van der Waals surface area contributed by atoms with Gasteiger partial charge in [0.25, 0.3) is 0 Å². The van der Waals surface area contributed by atoms with Crippen LogP contribution in [0, 0.1) is 11.8 Å². The maximum absolute atomic E-state index is 5.39. The quantitative estimate of drug-likeness (QED) is 0.796. The van der Waals surface area contributed by atoms with Crippen LogP contribution in [-0.4, -0.2) is 60.7 Å². The summed E-state index contributed by atoms with van der Waals surface area (Å²) in [4.78, 5) is 9.29. The van der Waals surface area contributed by atoms with Gasteiger partial charge in [0.05, 0.1) is 13.2 Å². The third-order valence-corrected chi connectivity index (χ3v) is 4.54. The van der Waals surface area contributed by atoms with Gasteiger partial charge in [-0.15, -0.1) is 0 Å². The molecule has 0 bridgehead atoms. The average molecular weight is 313 g/mol. The molecule has 0 spiro atoms. The number of likely N-dealkylation sites (tertiary alicyclic amines) is 1. The van der Waals surface area contributed by atoms with Crippen molar-refractivity contribution in [3.05, 3.63) is 29.6 Å². The van der Waals surface area contributed by atoms with Gasteiger partial charge in [0.1, 0.15) is 0 Å². The molecule has 0 aliphatic carbocycles. The Morgan fingerprint density at radius 1 is 1.00 bits per heavy atom. The molecule has 2 fully saturated rings. The van der Waals surface area contributed by atoms with Crippen molar-refractivity contribution >= 4 is 0 Å². The number of ether oxygens (including phenoxy) is 1. The number of hydrogen-bond acceptors (Lipinski definition) is 4. The zero-order chi connectivity index (χ0) is 15.7. The predicted molar refractivity (Wildman–Crippen MR) is 92.1 cm³/mol. The Kier molecular flexibility index (Phi) is 6.45. The average Bonchev–Trinajstić information content (AvgIpc) is 2.61. The van der Waals surface area contributed by atoms with Crippen molar-refractivity contribution in [1.82, 2.24) is 14.8 Å². The molecule has 2 aliphatic rings. The molecular weight excluding hydrogens is 286 g/mol. The van der Waals surface area contributed by atoms with E-state index in [1.165, 1.54) is 37.9 Å². The van der Waals surface area contributed by atoms with Gasteiger partial charge in [0.2, 0.25) is 0 Å². The maximum Gasteiger partial charge on any atom is 0.0594 e. The molecule has 124 valence electrons. The van der Waals surface area contributed by atoms with Gasteiger partial charge in [-0.1, -0.05) is 18.3 Å². The Bertz CT molecular complexity index is 537. The van der Waals surface area contributed by atoms with Gasteiger partial charge in [-0.05, 0) is 37.6 Å². The second-order valence-corrected chi connectivity index (χ2v) is 6.42. The Morgan fingerprint density at radius 3 is 2.65 bits per heavy atom. The number of nitrogens with zero attached hydrogens (tertiary/aromatic N) is 3. The number of rotatable bonds is 4. The molecule has 4 heteroatoms. The minimum Gasteiger partial charge on any atom is -0.379 e. The van der Waals surface area contributed by atoms with Crippen LogP contribution in [0.3, 0.4) is 0 Å². The molecule has 0 aromatic carbocycles. The van der Waals surface area contributed by atoms with Crippen LogP contribution in [0.1, 0.15) is 36.8 Å². The molecule has 23 heavy (non-hydrogen) atoms. The van der Waals surface area contributed by atoms with Crippen LogP contribution in [0.4, 0.5) is 0 Å². The van der Waals surface area contributed by atoms with E-state index in [1.807, 2.05) is 12.4 Å². The van der Waals surface area contributed by atoms with Crippen molar-refractivity contribution in [2.75, 3.05) is 45.9 Å². The van der Waals surface area contributed by atoms with E-state index in [1.54, 1.807) is 0 Å². The number of aromatic nitrogens is 1. The summed E-state index contributed by atoms with van der Waals surface area (Å²) in [5.74, 6) is 6.59. The third kappa shape index (κ3) is 5.62. The van der Waals surface area contributed by atoms with Gasteiger partial charge in [0.15, 0.2) is 0 Å². The van der Waals surface area contributed by atoms with E-state index >= 15 is 0 Å². The summed E-state index contributed by atoms with van der Waals surface area (Å²) in [5, 5.41) is 0. The largest absolute Gasteiger partial charge is 0.379 e. The number of pyridine rings is 1. The van der Waals surface area contributed by atoms with Gasteiger partial charge < -0.3 is 9.64 Å². The normalized spacial score (nSPS) is 20.0. The van der Waals surface area contributed by atoms with Crippen LogP contribution < -0.4 is 0 Å². The zero-order valence-electron chi connectivity index (χ0n) is 14.0. The monoisotopic (exact) mass is 313 g/mol. The van der Waals surface area contributed by atoms with Gasteiger partial charge >= 0.3 is 0 Å². The van der Waals surface area contributed by atoms with Gasteiger partial charge in [-0.25, -0.2) is 0 Å². The van der Waals surface area contributed by atoms with Crippen LogP contribution in [-0.2, 0) is 11.3 Å². The molecule has 1 aromatic rings. The van der Waals surface area contributed by atoms with E-state index in [0.29, 0.717) is 0 Å². The number of morpholine rings is 1. The topological polar surface area (TPSA) is 28.6 Å². The fraction of sp³-hybridized carbons (Fsp3) is 0.632. The highest BCUT2D eigenvalue weighted by molar-refractivity contribution is 5.34. The van der Waals surface area contributed by atoms with Crippen molar-refractivity contribution in [1.29, 1.82) is 0 Å². The van der Waals surface area contributed by atoms with E-state index in [4.69, 9.17) is 4.74 Å². The highest BCUT2D eigenvalue weighted by Gasteiger charge is 2.11. The molecule has 0 N–H and O–H groups in total. The molecule has 3 heterocycles. The van der Waals surface area contributed by atoms with E-state index in [2.05, 4.69) is 32.7 Å². The predicted octanol–water partition coefficient (Wildman–Crippen LogP) is 2.14. The molecule has 0 amide bonds. The lowest BCUT2D eigenvalue weighted by molar-refractivity contribution is 0.0341. The molecule has 2 saturated heterocycles. The molecule has 1 aromatic heterocycles. The molecule has 0 radical (unpaired) electrons. The van der Waals surface area contributed by atoms with E-state index in [0.717, 1.165) is 51.4 Å². The first-order valence-corrected chi connectivity index (χ1v) is 8.85. The number of piperidine rings is 1. The highest BCUT2D eigenvalue weighted by Crippen LogP contribution is 2.09. The number of hydrogen-bond donors (Lipinski definition) is 0. The van der Waals surface area contributed by atoms with Gasteiger partial charge in [-0.3, -0.25) is 9.88 Å². The molecule has 3 rings (SSSR count). The molecule has 0 unspecified atom stereocenters. The van der Waals surface area contributed by atoms with Gasteiger partial charge in [-0.2, -0.15) is 0 Å². The van der Waals surface area contributed by atoms with Crippen LogP contribution in [0.15, 0.2) is 18.5 Å². The van der Waals surface area contributed by atoms with Crippen LogP contribution in [0.25, 0.3) is 0 Å². The van der Waals surface area contributed by atoms with E-state index in [9.17, 15) is 0 Å². The van der Waals surface area contributed by atoms with Crippen LogP contribution in [0.2, 0.25) is 0 Å². The van der Waals surface area contributed by atoms with Crippen LogP contribution in [0.5, 0.6) is 0 Å². The Hall–Kier alpha value is -1.41. The minimum absolute atomic E-state index is 0.837. The summed E-state index contributed by atoms with van der Waals surface area (Å²) < 4.78 is 5.39. The molecular formula is C19H27N3O. The second kappa shape index (κ2) is 9.02.